The molecule has 0 spiro atoms. The van der Waals surface area contributed by atoms with Crippen molar-refractivity contribution in [2.45, 2.75) is 45.1 Å². The van der Waals surface area contributed by atoms with Gasteiger partial charge in [-0.05, 0) is 62.1 Å². The smallest absolute Gasteiger partial charge is 0.253 e. The predicted octanol–water partition coefficient (Wildman–Crippen LogP) is 5.20. The van der Waals surface area contributed by atoms with E-state index in [9.17, 15) is 9.59 Å². The van der Waals surface area contributed by atoms with Gasteiger partial charge in [-0.25, -0.2) is 0 Å². The summed E-state index contributed by atoms with van der Waals surface area (Å²) in [5.41, 5.74) is 6.09. The molecule has 2 aliphatic rings. The second kappa shape index (κ2) is 9.80. The molecule has 2 fully saturated rings. The highest BCUT2D eigenvalue weighted by molar-refractivity contribution is 5.94. The first-order chi connectivity index (χ1) is 16.6. The Bertz CT molecular complexity index is 1210. The molecule has 0 unspecified atom stereocenters. The molecule has 2 saturated heterocycles. The van der Waals surface area contributed by atoms with Gasteiger partial charge in [-0.1, -0.05) is 42.0 Å². The monoisotopic (exact) mass is 453 g/mol. The van der Waals surface area contributed by atoms with Crippen molar-refractivity contribution in [3.05, 3.63) is 89.1 Å². The standard InChI is InChI=1S/C29H31N3O2/c1-21-7-2-9-23(17-21)26-12-4-13-27(30-26)25-11-5-16-32(20-25)29(34)24-10-3-8-22(18-24)19-31-15-6-14-28(31)33/h2-4,7-10,12-13,17-18,25H,5-6,11,14-16,19-20H2,1H3/t25-/m0/s1. The average molecular weight is 454 g/mol. The van der Waals surface area contributed by atoms with Gasteiger partial charge < -0.3 is 9.80 Å². The average Bonchev–Trinajstić information content (AvgIpc) is 3.28. The zero-order valence-corrected chi connectivity index (χ0v) is 19.7. The van der Waals surface area contributed by atoms with Gasteiger partial charge in [0, 0.05) is 55.3 Å². The molecule has 5 rings (SSSR count). The molecular formula is C29H31N3O2. The minimum absolute atomic E-state index is 0.0640. The third-order valence-electron chi connectivity index (χ3n) is 6.93. The Morgan fingerprint density at radius 3 is 2.68 bits per heavy atom. The lowest BCUT2D eigenvalue weighted by Crippen LogP contribution is -2.39. The van der Waals surface area contributed by atoms with Crippen molar-refractivity contribution in [3.8, 4) is 11.3 Å². The molecule has 2 aliphatic heterocycles. The fourth-order valence-electron chi connectivity index (χ4n) is 5.12. The van der Waals surface area contributed by atoms with Crippen molar-refractivity contribution in [1.82, 2.24) is 14.8 Å². The maximum Gasteiger partial charge on any atom is 0.253 e. The molecule has 0 bridgehead atoms. The number of hydrogen-bond donors (Lipinski definition) is 0. The number of hydrogen-bond acceptors (Lipinski definition) is 3. The molecule has 174 valence electrons. The maximum atomic E-state index is 13.4. The van der Waals surface area contributed by atoms with Crippen LogP contribution < -0.4 is 0 Å². The summed E-state index contributed by atoms with van der Waals surface area (Å²) in [6.45, 7) is 4.92. The number of pyridine rings is 1. The van der Waals surface area contributed by atoms with Crippen molar-refractivity contribution < 1.29 is 9.59 Å². The van der Waals surface area contributed by atoms with E-state index in [-0.39, 0.29) is 17.7 Å². The van der Waals surface area contributed by atoms with Crippen LogP contribution in [0.25, 0.3) is 11.3 Å². The normalized spacial score (nSPS) is 18.4. The van der Waals surface area contributed by atoms with Crippen molar-refractivity contribution in [2.75, 3.05) is 19.6 Å². The van der Waals surface area contributed by atoms with Crippen LogP contribution in [0.2, 0.25) is 0 Å². The molecule has 0 aliphatic carbocycles. The van der Waals surface area contributed by atoms with Crippen LogP contribution in [-0.2, 0) is 11.3 Å². The number of aryl methyl sites for hydroxylation is 1. The minimum Gasteiger partial charge on any atom is -0.338 e. The molecule has 3 heterocycles. The van der Waals surface area contributed by atoms with Crippen LogP contribution in [0, 0.1) is 6.92 Å². The number of rotatable bonds is 5. The molecule has 2 amide bonds. The van der Waals surface area contributed by atoms with Crippen LogP contribution in [0.3, 0.4) is 0 Å². The third kappa shape index (κ3) is 4.89. The lowest BCUT2D eigenvalue weighted by Gasteiger charge is -2.33. The predicted molar refractivity (Wildman–Crippen MR) is 133 cm³/mol. The topological polar surface area (TPSA) is 53.5 Å². The molecule has 0 N–H and O–H groups in total. The molecule has 1 aromatic heterocycles. The van der Waals surface area contributed by atoms with E-state index >= 15 is 0 Å². The van der Waals surface area contributed by atoms with Crippen molar-refractivity contribution in [3.63, 3.8) is 0 Å². The molecule has 0 radical (unpaired) electrons. The molecule has 3 aromatic rings. The van der Waals surface area contributed by atoms with Crippen molar-refractivity contribution in [2.24, 2.45) is 0 Å². The molecule has 5 heteroatoms. The van der Waals surface area contributed by atoms with E-state index in [0.717, 1.165) is 54.9 Å². The summed E-state index contributed by atoms with van der Waals surface area (Å²) in [5.74, 6) is 0.498. The Morgan fingerprint density at radius 2 is 1.85 bits per heavy atom. The summed E-state index contributed by atoms with van der Waals surface area (Å²) in [6, 6.07) is 22.4. The van der Waals surface area contributed by atoms with E-state index in [4.69, 9.17) is 4.98 Å². The van der Waals surface area contributed by atoms with E-state index in [1.54, 1.807) is 0 Å². The largest absolute Gasteiger partial charge is 0.338 e. The lowest BCUT2D eigenvalue weighted by molar-refractivity contribution is -0.128. The van der Waals surface area contributed by atoms with E-state index in [0.29, 0.717) is 25.1 Å². The van der Waals surface area contributed by atoms with Crippen LogP contribution in [0.15, 0.2) is 66.7 Å². The Kier molecular flexibility index (Phi) is 6.43. The summed E-state index contributed by atoms with van der Waals surface area (Å²) in [7, 11) is 0. The summed E-state index contributed by atoms with van der Waals surface area (Å²) in [6.07, 6.45) is 3.55. The van der Waals surface area contributed by atoms with Gasteiger partial charge in [0.15, 0.2) is 0 Å². The first-order valence-corrected chi connectivity index (χ1v) is 12.3. The minimum atomic E-state index is 0.0640. The summed E-state index contributed by atoms with van der Waals surface area (Å²) < 4.78 is 0. The Labute approximate surface area is 201 Å². The first-order valence-electron chi connectivity index (χ1n) is 12.3. The first kappa shape index (κ1) is 22.3. The number of amides is 2. The van der Waals surface area contributed by atoms with Gasteiger partial charge in [0.25, 0.3) is 5.91 Å². The molecule has 34 heavy (non-hydrogen) atoms. The summed E-state index contributed by atoms with van der Waals surface area (Å²) >= 11 is 0. The number of carbonyl (C=O) groups is 2. The molecule has 5 nitrogen and oxygen atoms in total. The second-order valence-electron chi connectivity index (χ2n) is 9.53. The Morgan fingerprint density at radius 1 is 1.00 bits per heavy atom. The molecule has 0 saturated carbocycles. The Balaban J connectivity index is 1.30. The van der Waals surface area contributed by atoms with Crippen LogP contribution in [0.1, 0.15) is 58.8 Å². The molecule has 1 atom stereocenters. The van der Waals surface area contributed by atoms with Crippen LogP contribution in [0.4, 0.5) is 0 Å². The van der Waals surface area contributed by atoms with Gasteiger partial charge in [-0.3, -0.25) is 14.6 Å². The number of benzene rings is 2. The van der Waals surface area contributed by atoms with Gasteiger partial charge in [0.05, 0.1) is 5.69 Å². The van der Waals surface area contributed by atoms with E-state index in [1.165, 1.54) is 5.56 Å². The number of aromatic nitrogens is 1. The zero-order chi connectivity index (χ0) is 23.5. The SMILES string of the molecule is Cc1cccc(-c2cccc([C@H]3CCCN(C(=O)c4cccc(CN5CCCC5=O)c4)C3)n2)c1. The molecular weight excluding hydrogens is 422 g/mol. The fourth-order valence-corrected chi connectivity index (χ4v) is 5.12. The zero-order valence-electron chi connectivity index (χ0n) is 19.7. The Hall–Kier alpha value is -3.47. The number of nitrogens with zero attached hydrogens (tertiary/aromatic N) is 3. The maximum absolute atomic E-state index is 13.4. The van der Waals surface area contributed by atoms with Gasteiger partial charge in [0.1, 0.15) is 0 Å². The van der Waals surface area contributed by atoms with E-state index in [2.05, 4.69) is 49.4 Å². The van der Waals surface area contributed by atoms with Gasteiger partial charge >= 0.3 is 0 Å². The highest BCUT2D eigenvalue weighted by Gasteiger charge is 2.27. The van der Waals surface area contributed by atoms with Crippen molar-refractivity contribution in [1.29, 1.82) is 0 Å². The van der Waals surface area contributed by atoms with Gasteiger partial charge in [-0.2, -0.15) is 0 Å². The number of piperidine rings is 1. The highest BCUT2D eigenvalue weighted by Crippen LogP contribution is 2.29. The summed E-state index contributed by atoms with van der Waals surface area (Å²) in [4.78, 5) is 34.2. The van der Waals surface area contributed by atoms with Gasteiger partial charge in [0.2, 0.25) is 5.91 Å². The highest BCUT2D eigenvalue weighted by atomic mass is 16.2. The second-order valence-corrected chi connectivity index (χ2v) is 9.53. The third-order valence-corrected chi connectivity index (χ3v) is 6.93. The summed E-state index contributed by atoms with van der Waals surface area (Å²) in [5, 5.41) is 0. The van der Waals surface area contributed by atoms with Crippen LogP contribution >= 0.6 is 0 Å². The van der Waals surface area contributed by atoms with E-state index < -0.39 is 0 Å². The number of carbonyl (C=O) groups excluding carboxylic acids is 2. The van der Waals surface area contributed by atoms with Gasteiger partial charge in [-0.15, -0.1) is 0 Å². The fraction of sp³-hybridized carbons (Fsp3) is 0.345. The van der Waals surface area contributed by atoms with E-state index in [1.807, 2.05) is 34.1 Å². The van der Waals surface area contributed by atoms with Crippen molar-refractivity contribution >= 4 is 11.8 Å². The lowest BCUT2D eigenvalue weighted by atomic mass is 9.93. The van der Waals surface area contributed by atoms with Crippen LogP contribution in [-0.4, -0.2) is 46.2 Å². The number of likely N-dealkylation sites (tertiary alicyclic amines) is 2. The quantitative estimate of drug-likeness (QED) is 0.534. The van der Waals surface area contributed by atoms with Crippen LogP contribution in [0.5, 0.6) is 0 Å². The molecule has 2 aromatic carbocycles.